The van der Waals surface area contributed by atoms with Crippen molar-refractivity contribution in [1.29, 1.82) is 0 Å². The lowest BCUT2D eigenvalue weighted by molar-refractivity contribution is -0.122. The fraction of sp³-hybridized carbons (Fsp3) is 0.526. The highest BCUT2D eigenvalue weighted by molar-refractivity contribution is 5.86. The summed E-state index contributed by atoms with van der Waals surface area (Å²) in [5.74, 6) is 1.21. The number of carbonyl (C=O) groups excluding carboxylic acids is 1. The van der Waals surface area contributed by atoms with Crippen molar-refractivity contribution in [3.8, 4) is 0 Å². The second kappa shape index (κ2) is 4.45. The Hall–Kier alpha value is -1.61. The Kier molecular flexibility index (Phi) is 2.61. The van der Waals surface area contributed by atoms with Crippen LogP contribution in [0.5, 0.6) is 0 Å². The molecule has 1 saturated carbocycles. The number of hydrogen-bond donors (Lipinski definition) is 0. The molecule has 1 saturated heterocycles. The maximum atomic E-state index is 11.9. The molecule has 2 aliphatic heterocycles. The third-order valence-electron chi connectivity index (χ3n) is 6.32. The van der Waals surface area contributed by atoms with Crippen molar-refractivity contribution in [3.63, 3.8) is 0 Å². The number of para-hydroxylation sites is 1. The van der Waals surface area contributed by atoms with Gasteiger partial charge in [0.2, 0.25) is 0 Å². The molecular weight excluding hydrogens is 272 g/mol. The van der Waals surface area contributed by atoms with Gasteiger partial charge < -0.3 is 4.57 Å². The Labute approximate surface area is 130 Å². The monoisotopic (exact) mass is 294 g/mol. The van der Waals surface area contributed by atoms with E-state index in [4.69, 9.17) is 0 Å². The minimum atomic E-state index is 0.477. The number of fused-ring (bicyclic) bond motifs is 7. The van der Waals surface area contributed by atoms with E-state index in [-0.39, 0.29) is 0 Å². The maximum absolute atomic E-state index is 11.9. The minimum absolute atomic E-state index is 0.477. The number of ketones is 1. The molecule has 3 nitrogen and oxygen atoms in total. The van der Waals surface area contributed by atoms with Gasteiger partial charge in [0.15, 0.2) is 0 Å². The number of benzene rings is 1. The minimum Gasteiger partial charge on any atom is -0.346 e. The van der Waals surface area contributed by atoms with Crippen LogP contribution in [0.3, 0.4) is 0 Å². The first-order valence-corrected chi connectivity index (χ1v) is 8.57. The lowest BCUT2D eigenvalue weighted by atomic mass is 9.84. The summed E-state index contributed by atoms with van der Waals surface area (Å²) in [5.41, 5.74) is 4.44. The van der Waals surface area contributed by atoms with Crippen LogP contribution in [0.2, 0.25) is 0 Å². The molecule has 0 spiro atoms. The predicted octanol–water partition coefficient (Wildman–Crippen LogP) is 3.22. The molecule has 22 heavy (non-hydrogen) atoms. The molecule has 0 bridgehead atoms. The molecule has 5 rings (SSSR count). The molecule has 2 aromatic rings. The molecule has 1 aromatic carbocycles. The molecule has 3 unspecified atom stereocenters. The van der Waals surface area contributed by atoms with Crippen molar-refractivity contribution in [2.45, 2.75) is 44.2 Å². The van der Waals surface area contributed by atoms with Crippen molar-refractivity contribution in [1.82, 2.24) is 9.47 Å². The number of rotatable bonds is 0. The summed E-state index contributed by atoms with van der Waals surface area (Å²) in [4.78, 5) is 14.6. The second-order valence-electron chi connectivity index (χ2n) is 7.29. The summed E-state index contributed by atoms with van der Waals surface area (Å²) in [7, 11) is 2.22. The Morgan fingerprint density at radius 2 is 2.05 bits per heavy atom. The van der Waals surface area contributed by atoms with Crippen LogP contribution in [-0.4, -0.2) is 27.8 Å². The van der Waals surface area contributed by atoms with E-state index in [1.807, 2.05) is 0 Å². The molecule has 114 valence electrons. The predicted molar refractivity (Wildman–Crippen MR) is 86.8 cm³/mol. The van der Waals surface area contributed by atoms with Crippen LogP contribution in [0.1, 0.15) is 43.0 Å². The zero-order chi connectivity index (χ0) is 14.8. The zero-order valence-corrected chi connectivity index (χ0v) is 13.1. The van der Waals surface area contributed by atoms with Gasteiger partial charge in [0.1, 0.15) is 5.78 Å². The number of aromatic nitrogens is 1. The van der Waals surface area contributed by atoms with Crippen LogP contribution in [0.15, 0.2) is 24.3 Å². The largest absolute Gasteiger partial charge is 0.346 e. The molecule has 3 aliphatic rings. The quantitative estimate of drug-likeness (QED) is 0.745. The SMILES string of the molecule is Cn1c2c(c3ccccc31)CCN1C2CC2CCC(=O)CC21. The Morgan fingerprint density at radius 3 is 2.95 bits per heavy atom. The van der Waals surface area contributed by atoms with E-state index >= 15 is 0 Å². The topological polar surface area (TPSA) is 25.2 Å². The van der Waals surface area contributed by atoms with Gasteiger partial charge in [0, 0.05) is 49.1 Å². The summed E-state index contributed by atoms with van der Waals surface area (Å²) in [5, 5.41) is 1.44. The van der Waals surface area contributed by atoms with Gasteiger partial charge in [-0.2, -0.15) is 0 Å². The number of hydrogen-bond acceptors (Lipinski definition) is 2. The molecule has 3 atom stereocenters. The summed E-state index contributed by atoms with van der Waals surface area (Å²) in [6.07, 6.45) is 5.08. The average Bonchev–Trinajstić information content (AvgIpc) is 3.04. The third kappa shape index (κ3) is 1.58. The molecule has 2 fully saturated rings. The highest BCUT2D eigenvalue weighted by Gasteiger charge is 2.47. The van der Waals surface area contributed by atoms with Gasteiger partial charge in [-0.05, 0) is 36.8 Å². The van der Waals surface area contributed by atoms with E-state index in [2.05, 4.69) is 40.8 Å². The molecule has 3 heterocycles. The molecule has 1 aromatic heterocycles. The lowest BCUT2D eigenvalue weighted by Crippen LogP contribution is -2.41. The van der Waals surface area contributed by atoms with Crippen LogP contribution in [-0.2, 0) is 18.3 Å². The van der Waals surface area contributed by atoms with E-state index < -0.39 is 0 Å². The molecule has 0 radical (unpaired) electrons. The standard InChI is InChI=1S/C19H22N2O/c1-20-16-5-3-2-4-14(16)15-8-9-21-17-11-13(22)7-6-12(17)10-18(21)19(15)20/h2-5,12,17-18H,6-11H2,1H3. The van der Waals surface area contributed by atoms with E-state index in [1.165, 1.54) is 23.0 Å². The first kappa shape index (κ1) is 12.9. The number of carbonyl (C=O) groups is 1. The third-order valence-corrected chi connectivity index (χ3v) is 6.32. The van der Waals surface area contributed by atoms with Crippen LogP contribution < -0.4 is 0 Å². The van der Waals surface area contributed by atoms with Gasteiger partial charge >= 0.3 is 0 Å². The van der Waals surface area contributed by atoms with Gasteiger partial charge in [-0.1, -0.05) is 18.2 Å². The van der Waals surface area contributed by atoms with E-state index in [0.29, 0.717) is 17.9 Å². The summed E-state index contributed by atoms with van der Waals surface area (Å²) in [6, 6.07) is 9.85. The molecular formula is C19H22N2O. The normalized spacial score (nSPS) is 31.1. The van der Waals surface area contributed by atoms with Crippen LogP contribution in [0.4, 0.5) is 0 Å². The molecule has 3 heteroatoms. The number of nitrogens with zero attached hydrogens (tertiary/aromatic N) is 2. The number of aryl methyl sites for hydroxylation is 1. The van der Waals surface area contributed by atoms with E-state index in [9.17, 15) is 4.79 Å². The highest BCUT2D eigenvalue weighted by Crippen LogP contribution is 2.49. The lowest BCUT2D eigenvalue weighted by Gasteiger charge is -2.36. The Bertz CT molecular complexity index is 775. The smallest absolute Gasteiger partial charge is 0.134 e. The fourth-order valence-corrected chi connectivity index (χ4v) is 5.37. The second-order valence-corrected chi connectivity index (χ2v) is 7.29. The fourth-order valence-electron chi connectivity index (χ4n) is 5.37. The first-order valence-electron chi connectivity index (χ1n) is 8.57. The first-order chi connectivity index (χ1) is 10.7. The van der Waals surface area contributed by atoms with Crippen molar-refractivity contribution in [2.75, 3.05) is 6.54 Å². The Balaban J connectivity index is 1.64. The number of Topliss-reactive ketones (excluding diaryl/α,β-unsaturated/α-hetero) is 1. The molecule has 1 aliphatic carbocycles. The van der Waals surface area contributed by atoms with Gasteiger partial charge in [-0.3, -0.25) is 9.69 Å². The highest BCUT2D eigenvalue weighted by atomic mass is 16.1. The van der Waals surface area contributed by atoms with Crippen LogP contribution in [0.25, 0.3) is 10.9 Å². The van der Waals surface area contributed by atoms with Crippen molar-refractivity contribution >= 4 is 16.7 Å². The average molecular weight is 294 g/mol. The maximum Gasteiger partial charge on any atom is 0.134 e. The Morgan fingerprint density at radius 1 is 1.18 bits per heavy atom. The van der Waals surface area contributed by atoms with E-state index in [1.54, 1.807) is 5.56 Å². The molecule has 0 amide bonds. The summed E-state index contributed by atoms with van der Waals surface area (Å²) < 4.78 is 2.42. The van der Waals surface area contributed by atoms with Crippen LogP contribution >= 0.6 is 0 Å². The van der Waals surface area contributed by atoms with Gasteiger partial charge in [-0.25, -0.2) is 0 Å². The van der Waals surface area contributed by atoms with Crippen molar-refractivity contribution in [3.05, 3.63) is 35.5 Å². The van der Waals surface area contributed by atoms with Gasteiger partial charge in [0.05, 0.1) is 6.04 Å². The zero-order valence-electron chi connectivity index (χ0n) is 13.1. The van der Waals surface area contributed by atoms with Crippen molar-refractivity contribution < 1.29 is 4.79 Å². The van der Waals surface area contributed by atoms with E-state index in [0.717, 1.165) is 38.1 Å². The molecule has 0 N–H and O–H groups in total. The summed E-state index contributed by atoms with van der Waals surface area (Å²) >= 11 is 0. The van der Waals surface area contributed by atoms with Gasteiger partial charge in [0.25, 0.3) is 0 Å². The van der Waals surface area contributed by atoms with Crippen LogP contribution in [0, 0.1) is 5.92 Å². The summed E-state index contributed by atoms with van der Waals surface area (Å²) in [6.45, 7) is 1.13. The van der Waals surface area contributed by atoms with Crippen molar-refractivity contribution in [2.24, 2.45) is 13.0 Å². The van der Waals surface area contributed by atoms with Gasteiger partial charge in [-0.15, -0.1) is 0 Å².